The Kier molecular flexibility index (Phi) is 7.64. The van der Waals surface area contributed by atoms with Crippen molar-refractivity contribution in [3.05, 3.63) is 15.9 Å². The molecule has 0 spiro atoms. The van der Waals surface area contributed by atoms with E-state index in [1.807, 2.05) is 0 Å². The minimum atomic E-state index is -3.64. The molecule has 0 aliphatic rings. The van der Waals surface area contributed by atoms with Crippen molar-refractivity contribution < 1.29 is 13.2 Å². The van der Waals surface area contributed by atoms with Gasteiger partial charge in [-0.05, 0) is 41.9 Å². The number of rotatable bonds is 6. The summed E-state index contributed by atoms with van der Waals surface area (Å²) in [6.07, 6.45) is 0. The third-order valence-electron chi connectivity index (χ3n) is 1.98. The minimum absolute atomic E-state index is 0. The minimum Gasteiger partial charge on any atom is -0.353 e. The van der Waals surface area contributed by atoms with E-state index in [0.29, 0.717) is 3.79 Å². The van der Waals surface area contributed by atoms with Crippen molar-refractivity contribution in [2.75, 3.05) is 13.1 Å². The molecule has 0 aliphatic heterocycles. The summed E-state index contributed by atoms with van der Waals surface area (Å²) in [5, 5.41) is 2.56. The van der Waals surface area contributed by atoms with Crippen molar-refractivity contribution in [3.8, 4) is 0 Å². The quantitative estimate of drug-likeness (QED) is 0.657. The van der Waals surface area contributed by atoms with Crippen LogP contribution in [0.25, 0.3) is 0 Å². The monoisotopic (exact) mass is 405 g/mol. The van der Waals surface area contributed by atoms with Crippen molar-refractivity contribution in [2.24, 2.45) is 5.73 Å². The second-order valence-corrected chi connectivity index (χ2v) is 9.11. The predicted molar refractivity (Wildman–Crippen MR) is 85.7 cm³/mol. The fraction of sp³-hybridized carbons (Fsp3) is 0.500. The zero-order chi connectivity index (χ0) is 14.7. The first kappa shape index (κ1) is 19.8. The molecule has 0 saturated heterocycles. The highest BCUT2D eigenvalue weighted by Gasteiger charge is 2.18. The van der Waals surface area contributed by atoms with E-state index in [4.69, 9.17) is 5.73 Å². The highest BCUT2D eigenvalue weighted by molar-refractivity contribution is 9.11. The molecule has 1 heterocycles. The van der Waals surface area contributed by atoms with E-state index in [0.717, 1.165) is 11.3 Å². The van der Waals surface area contributed by atoms with E-state index in [9.17, 15) is 13.2 Å². The number of amides is 1. The van der Waals surface area contributed by atoms with E-state index in [1.54, 1.807) is 19.9 Å². The van der Waals surface area contributed by atoms with Gasteiger partial charge in [0, 0.05) is 12.1 Å². The van der Waals surface area contributed by atoms with Gasteiger partial charge in [0.25, 0.3) is 10.0 Å². The molecular weight excluding hydrogens is 390 g/mol. The largest absolute Gasteiger partial charge is 0.353 e. The van der Waals surface area contributed by atoms with Gasteiger partial charge < -0.3 is 11.1 Å². The predicted octanol–water partition coefficient (Wildman–Crippen LogP) is 1.06. The Balaban J connectivity index is 0.00000361. The van der Waals surface area contributed by atoms with Crippen LogP contribution in [0.5, 0.6) is 0 Å². The lowest BCUT2D eigenvalue weighted by Crippen LogP contribution is -2.47. The number of nitrogens with one attached hydrogen (secondary N) is 2. The maximum absolute atomic E-state index is 11.8. The van der Waals surface area contributed by atoms with Gasteiger partial charge in [0.05, 0.1) is 10.3 Å². The summed E-state index contributed by atoms with van der Waals surface area (Å²) in [5.41, 5.74) is 5.17. The first-order chi connectivity index (χ1) is 8.60. The lowest BCUT2D eigenvalue weighted by molar-refractivity contribution is -0.120. The number of nitrogens with two attached hydrogens (primary N) is 1. The van der Waals surface area contributed by atoms with Crippen molar-refractivity contribution in [3.63, 3.8) is 0 Å². The molecule has 0 unspecified atom stereocenters. The van der Waals surface area contributed by atoms with Gasteiger partial charge in [0.2, 0.25) is 5.91 Å². The first-order valence-corrected chi connectivity index (χ1v) is 8.50. The number of carbonyl (C=O) groups is 1. The van der Waals surface area contributed by atoms with Crippen LogP contribution >= 0.6 is 39.7 Å². The lowest BCUT2D eigenvalue weighted by atomic mass is 10.1. The Bertz CT molecular complexity index is 554. The number of carbonyl (C=O) groups excluding carboxylic acids is 1. The number of hydrogen-bond acceptors (Lipinski definition) is 5. The number of halogens is 2. The summed E-state index contributed by atoms with van der Waals surface area (Å²) < 4.78 is 26.8. The molecule has 0 aromatic carbocycles. The van der Waals surface area contributed by atoms with Crippen molar-refractivity contribution in [1.29, 1.82) is 0 Å². The molecule has 4 N–H and O–H groups in total. The van der Waals surface area contributed by atoms with Gasteiger partial charge in [-0.15, -0.1) is 23.7 Å². The molecule has 20 heavy (non-hydrogen) atoms. The normalized spacial score (nSPS) is 11.8. The van der Waals surface area contributed by atoms with Crippen LogP contribution in [0, 0.1) is 0 Å². The van der Waals surface area contributed by atoms with Gasteiger partial charge in [-0.2, -0.15) is 0 Å². The molecule has 1 aromatic rings. The Morgan fingerprint density at radius 3 is 2.50 bits per heavy atom. The Morgan fingerprint density at radius 1 is 1.45 bits per heavy atom. The molecular formula is C10H17BrClN3O3S2. The molecule has 116 valence electrons. The van der Waals surface area contributed by atoms with Crippen LogP contribution in [-0.4, -0.2) is 33.0 Å². The zero-order valence-electron chi connectivity index (χ0n) is 11.0. The summed E-state index contributed by atoms with van der Waals surface area (Å²) in [5.74, 6) is -0.419. The molecule has 1 amide bonds. The number of sulfonamides is 1. The molecule has 1 rings (SSSR count). The number of thiophene rings is 1. The van der Waals surface area contributed by atoms with Crippen molar-refractivity contribution in [2.45, 2.75) is 23.6 Å². The summed E-state index contributed by atoms with van der Waals surface area (Å²) in [4.78, 5) is 11.5. The molecule has 0 aliphatic carbocycles. The van der Waals surface area contributed by atoms with Crippen LogP contribution in [0.3, 0.4) is 0 Å². The molecule has 0 fully saturated rings. The van der Waals surface area contributed by atoms with Crippen LogP contribution in [0.2, 0.25) is 0 Å². The third-order valence-corrected chi connectivity index (χ3v) is 5.49. The topological polar surface area (TPSA) is 101 Å². The average Bonchev–Trinajstić information content (AvgIpc) is 2.70. The fourth-order valence-electron chi connectivity index (χ4n) is 1.06. The third kappa shape index (κ3) is 7.00. The maximum Gasteiger partial charge on any atom is 0.250 e. The van der Waals surface area contributed by atoms with Gasteiger partial charge >= 0.3 is 0 Å². The van der Waals surface area contributed by atoms with Crippen LogP contribution in [0.15, 0.2) is 20.1 Å². The summed E-state index contributed by atoms with van der Waals surface area (Å²) >= 11 is 4.26. The van der Waals surface area contributed by atoms with E-state index in [2.05, 4.69) is 26.0 Å². The van der Waals surface area contributed by atoms with E-state index in [1.165, 1.54) is 6.07 Å². The molecule has 0 radical (unpaired) electrons. The van der Waals surface area contributed by atoms with E-state index >= 15 is 0 Å². The van der Waals surface area contributed by atoms with Crippen LogP contribution in [-0.2, 0) is 14.8 Å². The molecule has 6 nitrogen and oxygen atoms in total. The van der Waals surface area contributed by atoms with E-state index in [-0.39, 0.29) is 29.7 Å². The lowest BCUT2D eigenvalue weighted by Gasteiger charge is -2.18. The molecule has 10 heteroatoms. The fourth-order valence-corrected chi connectivity index (χ4v) is 4.10. The zero-order valence-corrected chi connectivity index (χ0v) is 15.0. The van der Waals surface area contributed by atoms with Crippen molar-refractivity contribution in [1.82, 2.24) is 10.0 Å². The maximum atomic E-state index is 11.8. The van der Waals surface area contributed by atoms with E-state index < -0.39 is 21.5 Å². The highest BCUT2D eigenvalue weighted by Crippen LogP contribution is 2.25. The Hall–Kier alpha value is -0.190. The second kappa shape index (κ2) is 7.71. The Morgan fingerprint density at radius 2 is 2.05 bits per heavy atom. The first-order valence-electron chi connectivity index (χ1n) is 5.41. The van der Waals surface area contributed by atoms with Crippen LogP contribution < -0.4 is 15.8 Å². The SMILES string of the molecule is CC(C)(N)CNC(=O)CNS(=O)(=O)c1ccc(Br)s1.Cl. The van der Waals surface area contributed by atoms with Gasteiger partial charge in [0.1, 0.15) is 4.21 Å². The van der Waals surface area contributed by atoms with Crippen LogP contribution in [0.1, 0.15) is 13.8 Å². The molecule has 1 aromatic heterocycles. The van der Waals surface area contributed by atoms with Gasteiger partial charge in [-0.1, -0.05) is 0 Å². The summed E-state index contributed by atoms with van der Waals surface area (Å²) in [6, 6.07) is 3.11. The van der Waals surface area contributed by atoms with Crippen molar-refractivity contribution >= 4 is 55.6 Å². The Labute approximate surface area is 137 Å². The number of hydrogen-bond donors (Lipinski definition) is 3. The van der Waals surface area contributed by atoms with Gasteiger partial charge in [-0.25, -0.2) is 13.1 Å². The van der Waals surface area contributed by atoms with Gasteiger partial charge in [-0.3, -0.25) is 4.79 Å². The highest BCUT2D eigenvalue weighted by atomic mass is 79.9. The van der Waals surface area contributed by atoms with Crippen LogP contribution in [0.4, 0.5) is 0 Å². The smallest absolute Gasteiger partial charge is 0.250 e. The second-order valence-electron chi connectivity index (χ2n) is 4.65. The summed E-state index contributed by atoms with van der Waals surface area (Å²) in [6.45, 7) is 3.49. The molecule has 0 atom stereocenters. The van der Waals surface area contributed by atoms with Gasteiger partial charge in [0.15, 0.2) is 0 Å². The average molecular weight is 407 g/mol. The standard InChI is InChI=1S/C10H16BrN3O3S2.ClH/c1-10(2,12)6-13-8(15)5-14-19(16,17)9-4-3-7(11)18-9;/h3-4,14H,5-6,12H2,1-2H3,(H,13,15);1H. The molecule has 0 saturated carbocycles. The summed E-state index contributed by atoms with van der Waals surface area (Å²) in [7, 11) is -3.64. The molecule has 0 bridgehead atoms.